The minimum atomic E-state index is -0.479. The molecule has 0 saturated carbocycles. The molecule has 1 atom stereocenters. The van der Waals surface area contributed by atoms with E-state index in [0.29, 0.717) is 23.3 Å². The van der Waals surface area contributed by atoms with Crippen molar-refractivity contribution < 1.29 is 9.59 Å². The highest BCUT2D eigenvalue weighted by molar-refractivity contribution is 7.99. The van der Waals surface area contributed by atoms with Crippen LogP contribution in [0.4, 0.5) is 11.5 Å². The zero-order valence-electron chi connectivity index (χ0n) is 18.1. The fraction of sp³-hybridized carbons (Fsp3) is 0.455. The van der Waals surface area contributed by atoms with Crippen LogP contribution >= 0.6 is 35.0 Å². The molecule has 2 amide bonds. The lowest BCUT2D eigenvalue weighted by Crippen LogP contribution is -2.47. The number of halogens is 2. The van der Waals surface area contributed by atoms with Gasteiger partial charge in [0.25, 0.3) is 0 Å². The lowest BCUT2D eigenvalue weighted by molar-refractivity contribution is -0.127. The van der Waals surface area contributed by atoms with Crippen molar-refractivity contribution in [3.05, 3.63) is 40.5 Å². The second-order valence-electron chi connectivity index (χ2n) is 7.98. The number of amides is 2. The molecule has 33 heavy (non-hydrogen) atoms. The third-order valence-corrected chi connectivity index (χ3v) is 6.92. The van der Waals surface area contributed by atoms with Crippen LogP contribution in [0.15, 0.2) is 35.5 Å². The van der Waals surface area contributed by atoms with Gasteiger partial charge < -0.3 is 20.4 Å². The lowest BCUT2D eigenvalue weighted by Gasteiger charge is -2.36. The van der Waals surface area contributed by atoms with Crippen LogP contribution in [0, 0.1) is 0 Å². The number of carbonyl (C=O) groups is 2. The van der Waals surface area contributed by atoms with Crippen LogP contribution in [-0.4, -0.2) is 66.3 Å². The van der Waals surface area contributed by atoms with Gasteiger partial charge in [0.1, 0.15) is 17.0 Å². The Hall–Kier alpha value is -2.23. The van der Waals surface area contributed by atoms with E-state index in [-0.39, 0.29) is 17.6 Å². The van der Waals surface area contributed by atoms with Gasteiger partial charge in [-0.3, -0.25) is 9.59 Å². The highest BCUT2D eigenvalue weighted by Gasteiger charge is 2.23. The molecule has 4 rings (SSSR count). The molecule has 3 heterocycles. The van der Waals surface area contributed by atoms with Crippen molar-refractivity contribution in [2.75, 3.05) is 48.3 Å². The van der Waals surface area contributed by atoms with Gasteiger partial charge in [0, 0.05) is 49.5 Å². The summed E-state index contributed by atoms with van der Waals surface area (Å²) in [7, 11) is 0. The van der Waals surface area contributed by atoms with Crippen molar-refractivity contribution >= 4 is 58.3 Å². The number of piperazine rings is 1. The molecule has 0 bridgehead atoms. The molecule has 0 aliphatic carbocycles. The fourth-order valence-electron chi connectivity index (χ4n) is 3.92. The predicted molar refractivity (Wildman–Crippen MR) is 132 cm³/mol. The van der Waals surface area contributed by atoms with Crippen LogP contribution in [0.2, 0.25) is 10.2 Å². The Labute approximate surface area is 207 Å². The van der Waals surface area contributed by atoms with Gasteiger partial charge in [0.2, 0.25) is 11.8 Å². The van der Waals surface area contributed by atoms with E-state index in [0.717, 1.165) is 55.5 Å². The molecule has 176 valence electrons. The van der Waals surface area contributed by atoms with Crippen LogP contribution < -0.4 is 20.4 Å². The standard InChI is InChI=1S/C22H26Cl2N6O2S/c23-15-4-3-5-16(12-15)29-8-10-30(11-9-29)19-13-18(24)27-22(28-19)33-14-20(31)26-17-6-1-2-7-25-21(17)32/h3-5,12-13,17H,1-2,6-11,14H2,(H,25,32)(H,26,31). The van der Waals surface area contributed by atoms with Crippen molar-refractivity contribution in [1.29, 1.82) is 0 Å². The highest BCUT2D eigenvalue weighted by Crippen LogP contribution is 2.25. The number of carbonyl (C=O) groups excluding carboxylic acids is 2. The largest absolute Gasteiger partial charge is 0.368 e. The maximum atomic E-state index is 12.4. The molecule has 2 aromatic rings. The highest BCUT2D eigenvalue weighted by atomic mass is 35.5. The molecular weight excluding hydrogens is 483 g/mol. The zero-order chi connectivity index (χ0) is 23.2. The van der Waals surface area contributed by atoms with Gasteiger partial charge in [0.05, 0.1) is 5.75 Å². The lowest BCUT2D eigenvalue weighted by atomic mass is 10.1. The molecule has 11 heteroatoms. The Morgan fingerprint density at radius 1 is 1.12 bits per heavy atom. The van der Waals surface area contributed by atoms with E-state index < -0.39 is 6.04 Å². The quantitative estimate of drug-likeness (QED) is 0.352. The number of hydrogen-bond donors (Lipinski definition) is 2. The topological polar surface area (TPSA) is 90.5 Å². The summed E-state index contributed by atoms with van der Waals surface area (Å²) in [5, 5.41) is 7.13. The monoisotopic (exact) mass is 508 g/mol. The van der Waals surface area contributed by atoms with Gasteiger partial charge >= 0.3 is 0 Å². The Morgan fingerprint density at radius 2 is 1.91 bits per heavy atom. The number of thioether (sulfide) groups is 1. The third kappa shape index (κ3) is 6.65. The Bertz CT molecular complexity index is 1000. The average molecular weight is 509 g/mol. The molecule has 2 N–H and O–H groups in total. The first-order valence-corrected chi connectivity index (χ1v) is 12.7. The molecule has 2 saturated heterocycles. The van der Waals surface area contributed by atoms with Gasteiger partial charge in [-0.2, -0.15) is 0 Å². The first-order valence-electron chi connectivity index (χ1n) is 11.0. The molecule has 1 aromatic carbocycles. The molecule has 0 radical (unpaired) electrons. The number of nitrogens with one attached hydrogen (secondary N) is 2. The normalized spacial score (nSPS) is 19.1. The maximum Gasteiger partial charge on any atom is 0.242 e. The van der Waals surface area contributed by atoms with Gasteiger partial charge in [-0.1, -0.05) is 41.0 Å². The zero-order valence-corrected chi connectivity index (χ0v) is 20.4. The molecule has 2 aliphatic heterocycles. The number of nitrogens with zero attached hydrogens (tertiary/aromatic N) is 4. The predicted octanol–water partition coefficient (Wildman–Crippen LogP) is 2.99. The maximum absolute atomic E-state index is 12.4. The minimum absolute atomic E-state index is 0.117. The molecular formula is C22H26Cl2N6O2S. The summed E-state index contributed by atoms with van der Waals surface area (Å²) in [6.07, 6.45) is 2.49. The molecule has 8 nitrogen and oxygen atoms in total. The van der Waals surface area contributed by atoms with Crippen molar-refractivity contribution in [3.8, 4) is 0 Å². The first-order chi connectivity index (χ1) is 16.0. The van der Waals surface area contributed by atoms with E-state index in [1.807, 2.05) is 18.2 Å². The van der Waals surface area contributed by atoms with Crippen LogP contribution in [0.1, 0.15) is 19.3 Å². The number of anilines is 2. The fourth-order valence-corrected chi connectivity index (χ4v) is 5.00. The Balaban J connectivity index is 1.32. The van der Waals surface area contributed by atoms with Crippen molar-refractivity contribution in [3.63, 3.8) is 0 Å². The second-order valence-corrected chi connectivity index (χ2v) is 9.75. The van der Waals surface area contributed by atoms with E-state index in [1.54, 1.807) is 6.07 Å². The first kappa shape index (κ1) is 23.9. The SMILES string of the molecule is O=C(CSc1nc(Cl)cc(N2CCN(c3cccc(Cl)c3)CC2)n1)NC1CCCCNC1=O. The van der Waals surface area contributed by atoms with E-state index in [4.69, 9.17) is 23.2 Å². The number of aromatic nitrogens is 2. The van der Waals surface area contributed by atoms with Crippen molar-refractivity contribution in [2.24, 2.45) is 0 Å². The molecule has 2 aliphatic rings. The Morgan fingerprint density at radius 3 is 2.70 bits per heavy atom. The summed E-state index contributed by atoms with van der Waals surface area (Å²) in [5.74, 6) is 0.518. The van der Waals surface area contributed by atoms with E-state index in [2.05, 4.69) is 36.5 Å². The van der Waals surface area contributed by atoms with E-state index >= 15 is 0 Å². The van der Waals surface area contributed by atoms with Gasteiger partial charge in [-0.25, -0.2) is 9.97 Å². The second kappa shape index (κ2) is 11.3. The number of rotatable bonds is 6. The summed E-state index contributed by atoms with van der Waals surface area (Å²) in [6.45, 7) is 3.88. The van der Waals surface area contributed by atoms with Crippen LogP contribution in [0.25, 0.3) is 0 Å². The molecule has 1 aromatic heterocycles. The molecule has 1 unspecified atom stereocenters. The summed E-state index contributed by atoms with van der Waals surface area (Å²) >= 11 is 13.6. The van der Waals surface area contributed by atoms with Crippen molar-refractivity contribution in [2.45, 2.75) is 30.5 Å². The van der Waals surface area contributed by atoms with E-state index in [1.165, 1.54) is 11.8 Å². The van der Waals surface area contributed by atoms with Gasteiger partial charge in [-0.15, -0.1) is 0 Å². The number of hydrogen-bond acceptors (Lipinski definition) is 7. The van der Waals surface area contributed by atoms with E-state index in [9.17, 15) is 9.59 Å². The number of benzene rings is 1. The molecule has 2 fully saturated rings. The van der Waals surface area contributed by atoms with Gasteiger partial charge in [-0.05, 0) is 37.5 Å². The summed E-state index contributed by atoms with van der Waals surface area (Å²) < 4.78 is 0. The minimum Gasteiger partial charge on any atom is -0.368 e. The van der Waals surface area contributed by atoms with Crippen LogP contribution in [0.3, 0.4) is 0 Å². The summed E-state index contributed by atoms with van der Waals surface area (Å²) in [4.78, 5) is 37.7. The smallest absolute Gasteiger partial charge is 0.242 e. The van der Waals surface area contributed by atoms with Crippen LogP contribution in [-0.2, 0) is 9.59 Å². The van der Waals surface area contributed by atoms with Crippen LogP contribution in [0.5, 0.6) is 0 Å². The Kier molecular flexibility index (Phi) is 8.16. The van der Waals surface area contributed by atoms with Gasteiger partial charge in [0.15, 0.2) is 5.16 Å². The third-order valence-electron chi connectivity index (χ3n) is 5.64. The molecule has 0 spiro atoms. The van der Waals surface area contributed by atoms with Crippen molar-refractivity contribution in [1.82, 2.24) is 20.6 Å². The summed E-state index contributed by atoms with van der Waals surface area (Å²) in [6, 6.07) is 9.12. The average Bonchev–Trinajstić information content (AvgIpc) is 3.01. The summed E-state index contributed by atoms with van der Waals surface area (Å²) in [5.41, 5.74) is 1.10.